The average Bonchev–Trinajstić information content (AvgIpc) is 2.29. The van der Waals surface area contributed by atoms with Gasteiger partial charge in [0.15, 0.2) is 0 Å². The zero-order valence-electron chi connectivity index (χ0n) is 8.59. The van der Waals surface area contributed by atoms with Gasteiger partial charge in [0.05, 0.1) is 11.2 Å². The fourth-order valence-electron chi connectivity index (χ4n) is 1.30. The van der Waals surface area contributed by atoms with E-state index in [0.29, 0.717) is 0 Å². The van der Waals surface area contributed by atoms with Crippen LogP contribution >= 0.6 is 0 Å². The van der Waals surface area contributed by atoms with Gasteiger partial charge in [-0.05, 0) is 19.9 Å². The lowest BCUT2D eigenvalue weighted by atomic mass is 9.98. The molecule has 2 N–H and O–H groups in total. The van der Waals surface area contributed by atoms with E-state index in [1.54, 1.807) is 17.8 Å². The van der Waals surface area contributed by atoms with E-state index in [4.69, 9.17) is 5.73 Å². The summed E-state index contributed by atoms with van der Waals surface area (Å²) in [4.78, 5) is 0. The lowest BCUT2D eigenvalue weighted by Crippen LogP contribution is -2.46. The summed E-state index contributed by atoms with van der Waals surface area (Å²) in [5, 5.41) is 4.07. The van der Waals surface area contributed by atoms with Gasteiger partial charge in [-0.3, -0.25) is 4.68 Å². The molecule has 0 spiro atoms. The van der Waals surface area contributed by atoms with E-state index < -0.39 is 12.0 Å². The first-order valence-corrected chi connectivity index (χ1v) is 4.39. The summed E-state index contributed by atoms with van der Waals surface area (Å²) in [6.45, 7) is 3.17. The second-order valence-electron chi connectivity index (χ2n) is 3.88. The van der Waals surface area contributed by atoms with Crippen molar-refractivity contribution < 1.29 is 8.78 Å². The van der Waals surface area contributed by atoms with Crippen molar-refractivity contribution in [2.24, 2.45) is 12.8 Å². The predicted octanol–water partition coefficient (Wildman–Crippen LogP) is 1.25. The van der Waals surface area contributed by atoms with Gasteiger partial charge >= 0.3 is 0 Å². The normalized spacial score (nSPS) is 15.9. The van der Waals surface area contributed by atoms with Crippen LogP contribution in [0.3, 0.4) is 0 Å². The SMILES string of the molecule is Cc1cc(CC(C)(N)C(F)F)n(C)n1. The van der Waals surface area contributed by atoms with Crippen molar-refractivity contribution in [1.82, 2.24) is 9.78 Å². The van der Waals surface area contributed by atoms with Crippen LogP contribution in [0.15, 0.2) is 6.07 Å². The smallest absolute Gasteiger partial charge is 0.256 e. The second-order valence-corrected chi connectivity index (χ2v) is 3.88. The molecule has 0 amide bonds. The Morgan fingerprint density at radius 2 is 2.21 bits per heavy atom. The van der Waals surface area contributed by atoms with Gasteiger partial charge in [-0.25, -0.2) is 8.78 Å². The minimum atomic E-state index is -2.53. The Labute approximate surface area is 81.9 Å². The molecule has 1 atom stereocenters. The number of halogens is 2. The maximum atomic E-state index is 12.5. The highest BCUT2D eigenvalue weighted by atomic mass is 19.3. The molecule has 0 radical (unpaired) electrons. The number of alkyl halides is 2. The Morgan fingerprint density at radius 1 is 1.64 bits per heavy atom. The minimum Gasteiger partial charge on any atom is -0.320 e. The number of hydrogen-bond donors (Lipinski definition) is 1. The Bertz CT molecular complexity index is 318. The molecule has 0 aliphatic rings. The molecule has 1 heterocycles. The Hall–Kier alpha value is -0.970. The molecule has 1 aromatic heterocycles. The van der Waals surface area contributed by atoms with E-state index in [0.717, 1.165) is 11.4 Å². The molecule has 0 aliphatic heterocycles. The predicted molar refractivity (Wildman–Crippen MR) is 50.2 cm³/mol. The van der Waals surface area contributed by atoms with Crippen molar-refractivity contribution >= 4 is 0 Å². The van der Waals surface area contributed by atoms with Gasteiger partial charge < -0.3 is 5.73 Å². The van der Waals surface area contributed by atoms with Crippen molar-refractivity contribution in [2.45, 2.75) is 32.2 Å². The molecule has 14 heavy (non-hydrogen) atoms. The number of nitrogens with zero attached hydrogens (tertiary/aromatic N) is 2. The van der Waals surface area contributed by atoms with Crippen LogP contribution in [0.1, 0.15) is 18.3 Å². The van der Waals surface area contributed by atoms with Crippen LogP contribution in [0.2, 0.25) is 0 Å². The number of aryl methyl sites for hydroxylation is 2. The van der Waals surface area contributed by atoms with Crippen LogP contribution in [0, 0.1) is 6.92 Å². The molecule has 3 nitrogen and oxygen atoms in total. The van der Waals surface area contributed by atoms with Gasteiger partial charge in [-0.1, -0.05) is 0 Å². The Kier molecular flexibility index (Phi) is 2.89. The van der Waals surface area contributed by atoms with Gasteiger partial charge in [0.1, 0.15) is 0 Å². The molecule has 5 heteroatoms. The third kappa shape index (κ3) is 2.29. The van der Waals surface area contributed by atoms with Crippen LogP contribution in [0.4, 0.5) is 8.78 Å². The van der Waals surface area contributed by atoms with Crippen LogP contribution in [-0.4, -0.2) is 21.7 Å². The lowest BCUT2D eigenvalue weighted by Gasteiger charge is -2.23. The molecule has 0 fully saturated rings. The van der Waals surface area contributed by atoms with Crippen LogP contribution in [0.25, 0.3) is 0 Å². The van der Waals surface area contributed by atoms with Crippen LogP contribution in [0.5, 0.6) is 0 Å². The lowest BCUT2D eigenvalue weighted by molar-refractivity contribution is 0.0629. The molecule has 1 rings (SSSR count). The van der Waals surface area contributed by atoms with Crippen molar-refractivity contribution in [3.8, 4) is 0 Å². The summed E-state index contributed by atoms with van der Waals surface area (Å²) in [6, 6.07) is 1.77. The van der Waals surface area contributed by atoms with Crippen molar-refractivity contribution in [1.29, 1.82) is 0 Å². The van der Waals surface area contributed by atoms with Crippen molar-refractivity contribution in [3.05, 3.63) is 17.5 Å². The van der Waals surface area contributed by atoms with Gasteiger partial charge in [-0.15, -0.1) is 0 Å². The fraction of sp³-hybridized carbons (Fsp3) is 0.667. The number of aromatic nitrogens is 2. The zero-order valence-corrected chi connectivity index (χ0v) is 8.59. The quantitative estimate of drug-likeness (QED) is 0.803. The second kappa shape index (κ2) is 3.65. The molecule has 0 saturated carbocycles. The first kappa shape index (κ1) is 11.1. The molecule has 1 unspecified atom stereocenters. The van der Waals surface area contributed by atoms with Gasteiger partial charge in [-0.2, -0.15) is 5.10 Å². The number of hydrogen-bond acceptors (Lipinski definition) is 2. The van der Waals surface area contributed by atoms with E-state index in [2.05, 4.69) is 5.10 Å². The maximum Gasteiger partial charge on any atom is 0.256 e. The summed E-state index contributed by atoms with van der Waals surface area (Å²) < 4.78 is 26.6. The van der Waals surface area contributed by atoms with E-state index >= 15 is 0 Å². The minimum absolute atomic E-state index is 0.127. The van der Waals surface area contributed by atoms with Crippen molar-refractivity contribution in [3.63, 3.8) is 0 Å². The third-order valence-electron chi connectivity index (χ3n) is 2.16. The van der Waals surface area contributed by atoms with Gasteiger partial charge in [0, 0.05) is 19.2 Å². The third-order valence-corrected chi connectivity index (χ3v) is 2.16. The topological polar surface area (TPSA) is 43.8 Å². The van der Waals surface area contributed by atoms with Gasteiger partial charge in [0.2, 0.25) is 0 Å². The maximum absolute atomic E-state index is 12.5. The van der Waals surface area contributed by atoms with Gasteiger partial charge in [0.25, 0.3) is 6.43 Å². The van der Waals surface area contributed by atoms with Crippen molar-refractivity contribution in [2.75, 3.05) is 0 Å². The number of nitrogens with two attached hydrogens (primary N) is 1. The molecule has 0 aromatic carbocycles. The van der Waals surface area contributed by atoms with E-state index in [9.17, 15) is 8.78 Å². The highest BCUT2D eigenvalue weighted by Gasteiger charge is 2.31. The standard InChI is InChI=1S/C9H15F2N3/c1-6-4-7(14(3)13-6)5-9(2,12)8(10)11/h4,8H,5,12H2,1-3H3. The molecular formula is C9H15F2N3. The molecular weight excluding hydrogens is 188 g/mol. The highest BCUT2D eigenvalue weighted by molar-refractivity contribution is 5.12. The van der Waals surface area contributed by atoms with Crippen LogP contribution < -0.4 is 5.73 Å². The zero-order chi connectivity index (χ0) is 10.9. The first-order valence-electron chi connectivity index (χ1n) is 4.39. The summed E-state index contributed by atoms with van der Waals surface area (Å²) >= 11 is 0. The molecule has 0 saturated heterocycles. The summed E-state index contributed by atoms with van der Waals surface area (Å²) in [5.41, 5.74) is 5.53. The molecule has 1 aromatic rings. The van der Waals surface area contributed by atoms with E-state index in [1.165, 1.54) is 6.92 Å². The van der Waals surface area contributed by atoms with Crippen LogP contribution in [-0.2, 0) is 13.5 Å². The summed E-state index contributed by atoms with van der Waals surface area (Å²) in [6.07, 6.45) is -2.40. The summed E-state index contributed by atoms with van der Waals surface area (Å²) in [5.74, 6) is 0. The largest absolute Gasteiger partial charge is 0.320 e. The number of rotatable bonds is 3. The Morgan fingerprint density at radius 3 is 2.57 bits per heavy atom. The average molecular weight is 203 g/mol. The Balaban J connectivity index is 2.83. The van der Waals surface area contributed by atoms with E-state index in [-0.39, 0.29) is 6.42 Å². The molecule has 80 valence electrons. The fourth-order valence-corrected chi connectivity index (χ4v) is 1.30. The highest BCUT2D eigenvalue weighted by Crippen LogP contribution is 2.18. The molecule has 0 bridgehead atoms. The molecule has 0 aliphatic carbocycles. The first-order chi connectivity index (χ1) is 6.33. The summed E-state index contributed by atoms with van der Waals surface area (Å²) in [7, 11) is 1.73. The monoisotopic (exact) mass is 203 g/mol. The van der Waals surface area contributed by atoms with E-state index in [1.807, 2.05) is 6.92 Å².